The van der Waals surface area contributed by atoms with Gasteiger partial charge < -0.3 is 15.6 Å². The molecule has 174 valence electrons. The molecule has 0 bridgehead atoms. The van der Waals surface area contributed by atoms with Gasteiger partial charge >= 0.3 is 0 Å². The summed E-state index contributed by atoms with van der Waals surface area (Å²) in [6.45, 7) is 0.491. The van der Waals surface area contributed by atoms with Crippen LogP contribution in [0.1, 0.15) is 21.5 Å². The highest BCUT2D eigenvalue weighted by Gasteiger charge is 2.15. The molecule has 0 spiro atoms. The van der Waals surface area contributed by atoms with Crippen LogP contribution in [0.3, 0.4) is 0 Å². The molecule has 5 aromatic rings. The summed E-state index contributed by atoms with van der Waals surface area (Å²) in [6, 6.07) is 18.8. The van der Waals surface area contributed by atoms with E-state index in [1.54, 1.807) is 24.5 Å². The minimum Gasteiger partial charge on any atom is -0.365 e. The highest BCUT2D eigenvalue weighted by Crippen LogP contribution is 2.30. The van der Waals surface area contributed by atoms with Gasteiger partial charge in [0.2, 0.25) is 0 Å². The van der Waals surface area contributed by atoms with Crippen LogP contribution in [0.15, 0.2) is 85.3 Å². The van der Waals surface area contributed by atoms with Crippen LogP contribution in [-0.2, 0) is 13.1 Å². The Morgan fingerprint density at radius 1 is 0.857 bits per heavy atom. The zero-order valence-corrected chi connectivity index (χ0v) is 18.6. The first-order valence-electron chi connectivity index (χ1n) is 11.0. The number of anilines is 1. The third kappa shape index (κ3) is 4.72. The number of fused-ring (bicyclic) bond motifs is 1. The molecule has 0 unspecified atom stereocenters. The van der Waals surface area contributed by atoms with Gasteiger partial charge in [0.05, 0.1) is 5.56 Å². The number of carbonyl (C=O) groups is 1. The molecule has 3 heterocycles. The van der Waals surface area contributed by atoms with E-state index >= 15 is 0 Å². The molecule has 6 nitrogen and oxygen atoms in total. The van der Waals surface area contributed by atoms with Gasteiger partial charge in [0.1, 0.15) is 11.5 Å². The SMILES string of the molecule is O=C(NCc1ccc(F)c(F)c1)c1cccnc1NCc1ccccc1-c1c[nH]c2ncccc12. The van der Waals surface area contributed by atoms with Crippen molar-refractivity contribution in [1.82, 2.24) is 20.3 Å². The number of nitrogens with zero attached hydrogens (tertiary/aromatic N) is 2. The van der Waals surface area contributed by atoms with Gasteiger partial charge in [0.25, 0.3) is 5.91 Å². The fourth-order valence-electron chi connectivity index (χ4n) is 3.95. The largest absolute Gasteiger partial charge is 0.365 e. The lowest BCUT2D eigenvalue weighted by molar-refractivity contribution is 0.0951. The van der Waals surface area contributed by atoms with E-state index in [9.17, 15) is 13.6 Å². The summed E-state index contributed by atoms with van der Waals surface area (Å²) < 4.78 is 26.6. The second kappa shape index (κ2) is 9.72. The van der Waals surface area contributed by atoms with Crippen molar-refractivity contribution >= 4 is 22.8 Å². The van der Waals surface area contributed by atoms with Gasteiger partial charge in [0, 0.05) is 42.6 Å². The molecule has 0 atom stereocenters. The van der Waals surface area contributed by atoms with Gasteiger partial charge in [0.15, 0.2) is 11.6 Å². The van der Waals surface area contributed by atoms with Gasteiger partial charge in [-0.15, -0.1) is 0 Å². The second-order valence-electron chi connectivity index (χ2n) is 7.94. The van der Waals surface area contributed by atoms with Crippen LogP contribution in [0, 0.1) is 11.6 Å². The molecule has 2 aromatic carbocycles. The zero-order valence-electron chi connectivity index (χ0n) is 18.6. The van der Waals surface area contributed by atoms with Crippen molar-refractivity contribution in [2.24, 2.45) is 0 Å². The monoisotopic (exact) mass is 469 g/mol. The fraction of sp³-hybridized carbons (Fsp3) is 0.0741. The predicted molar refractivity (Wildman–Crippen MR) is 131 cm³/mol. The maximum absolute atomic E-state index is 13.5. The zero-order chi connectivity index (χ0) is 24.2. The van der Waals surface area contributed by atoms with Gasteiger partial charge in [-0.25, -0.2) is 18.7 Å². The summed E-state index contributed by atoms with van der Waals surface area (Å²) in [7, 11) is 0. The van der Waals surface area contributed by atoms with Crippen LogP contribution >= 0.6 is 0 Å². The number of hydrogen-bond donors (Lipinski definition) is 3. The summed E-state index contributed by atoms with van der Waals surface area (Å²) in [5.74, 6) is -1.83. The third-order valence-corrected chi connectivity index (χ3v) is 5.69. The maximum Gasteiger partial charge on any atom is 0.255 e. The van der Waals surface area contributed by atoms with Gasteiger partial charge in [-0.2, -0.15) is 0 Å². The predicted octanol–water partition coefficient (Wildman–Crippen LogP) is 5.45. The quantitative estimate of drug-likeness (QED) is 0.296. The summed E-state index contributed by atoms with van der Waals surface area (Å²) in [5.41, 5.74) is 4.73. The van der Waals surface area contributed by atoms with Crippen molar-refractivity contribution in [1.29, 1.82) is 0 Å². The van der Waals surface area contributed by atoms with E-state index in [2.05, 4.69) is 25.6 Å². The Kier molecular flexibility index (Phi) is 6.17. The van der Waals surface area contributed by atoms with E-state index in [4.69, 9.17) is 0 Å². The molecular weight excluding hydrogens is 448 g/mol. The van der Waals surface area contributed by atoms with Crippen LogP contribution < -0.4 is 10.6 Å². The summed E-state index contributed by atoms with van der Waals surface area (Å²) >= 11 is 0. The molecule has 0 saturated carbocycles. The Balaban J connectivity index is 1.33. The molecule has 0 saturated heterocycles. The number of hydrogen-bond acceptors (Lipinski definition) is 4. The summed E-state index contributed by atoms with van der Waals surface area (Å²) in [6.07, 6.45) is 5.29. The molecule has 0 aliphatic carbocycles. The minimum absolute atomic E-state index is 0.0573. The fourth-order valence-corrected chi connectivity index (χ4v) is 3.95. The van der Waals surface area contributed by atoms with Crippen molar-refractivity contribution < 1.29 is 13.6 Å². The average Bonchev–Trinajstić information content (AvgIpc) is 3.32. The minimum atomic E-state index is -0.954. The van der Waals surface area contributed by atoms with E-state index in [1.165, 1.54) is 6.07 Å². The third-order valence-electron chi connectivity index (χ3n) is 5.69. The highest BCUT2D eigenvalue weighted by molar-refractivity contribution is 5.98. The molecule has 3 N–H and O–H groups in total. The Labute approximate surface area is 200 Å². The molecule has 35 heavy (non-hydrogen) atoms. The number of halogens is 2. The molecule has 1 amide bonds. The number of aromatic amines is 1. The number of H-pyrrole nitrogens is 1. The molecule has 0 fully saturated rings. The number of rotatable bonds is 7. The van der Waals surface area contributed by atoms with Crippen LogP contribution in [0.5, 0.6) is 0 Å². The molecular formula is C27H21F2N5O. The second-order valence-corrected chi connectivity index (χ2v) is 7.94. The lowest BCUT2D eigenvalue weighted by Gasteiger charge is -2.14. The first-order valence-corrected chi connectivity index (χ1v) is 11.0. The Hall–Kier alpha value is -4.59. The average molecular weight is 469 g/mol. The lowest BCUT2D eigenvalue weighted by Crippen LogP contribution is -2.24. The molecule has 5 rings (SSSR count). The van der Waals surface area contributed by atoms with Crippen molar-refractivity contribution in [2.45, 2.75) is 13.1 Å². The van der Waals surface area contributed by atoms with E-state index in [1.807, 2.05) is 42.6 Å². The number of amides is 1. The Bertz CT molecular complexity index is 1510. The number of pyridine rings is 2. The lowest BCUT2D eigenvalue weighted by atomic mass is 9.99. The van der Waals surface area contributed by atoms with Crippen molar-refractivity contribution in [3.05, 3.63) is 114 Å². The van der Waals surface area contributed by atoms with Crippen LogP contribution in [0.25, 0.3) is 22.2 Å². The van der Waals surface area contributed by atoms with E-state index in [0.717, 1.165) is 39.9 Å². The van der Waals surface area contributed by atoms with Crippen molar-refractivity contribution in [3.63, 3.8) is 0 Å². The Morgan fingerprint density at radius 2 is 1.69 bits per heavy atom. The summed E-state index contributed by atoms with van der Waals surface area (Å²) in [4.78, 5) is 24.7. The number of aromatic nitrogens is 3. The summed E-state index contributed by atoms with van der Waals surface area (Å²) in [5, 5.41) is 7.03. The molecule has 3 aromatic heterocycles. The molecule has 8 heteroatoms. The Morgan fingerprint density at radius 3 is 2.57 bits per heavy atom. The van der Waals surface area contributed by atoms with Crippen LogP contribution in [-0.4, -0.2) is 20.9 Å². The van der Waals surface area contributed by atoms with Gasteiger partial charge in [-0.3, -0.25) is 4.79 Å². The smallest absolute Gasteiger partial charge is 0.255 e. The number of benzene rings is 2. The molecule has 0 radical (unpaired) electrons. The van der Waals surface area contributed by atoms with Crippen molar-refractivity contribution in [2.75, 3.05) is 5.32 Å². The number of nitrogens with one attached hydrogen (secondary N) is 3. The number of carbonyl (C=O) groups excluding carboxylic acids is 1. The first kappa shape index (κ1) is 22.2. The van der Waals surface area contributed by atoms with E-state index in [-0.39, 0.29) is 12.5 Å². The van der Waals surface area contributed by atoms with E-state index < -0.39 is 11.6 Å². The van der Waals surface area contributed by atoms with E-state index in [0.29, 0.717) is 23.5 Å². The molecule has 0 aliphatic heterocycles. The van der Waals surface area contributed by atoms with Gasteiger partial charge in [-0.05, 0) is 53.1 Å². The standard InChI is InChI=1S/C27H21F2N5O/c28-23-10-9-17(13-24(23)29)14-34-27(35)21-8-4-12-31-26(21)32-15-18-5-1-2-6-19(18)22-16-33-25-20(22)7-3-11-30-25/h1-13,16H,14-15H2,(H,30,33)(H,31,32)(H,34,35). The first-order chi connectivity index (χ1) is 17.1. The maximum atomic E-state index is 13.5. The topological polar surface area (TPSA) is 82.7 Å². The van der Waals surface area contributed by atoms with Gasteiger partial charge in [-0.1, -0.05) is 30.3 Å². The molecule has 0 aliphatic rings. The normalized spacial score (nSPS) is 10.9. The van der Waals surface area contributed by atoms with Crippen LogP contribution in [0.2, 0.25) is 0 Å². The van der Waals surface area contributed by atoms with Crippen molar-refractivity contribution in [3.8, 4) is 11.1 Å². The highest BCUT2D eigenvalue weighted by atomic mass is 19.2. The van der Waals surface area contributed by atoms with Crippen LogP contribution in [0.4, 0.5) is 14.6 Å².